The van der Waals surface area contributed by atoms with Crippen LogP contribution in [-0.4, -0.2) is 32.6 Å². The first-order valence-electron chi connectivity index (χ1n) is 7.39. The van der Waals surface area contributed by atoms with E-state index in [9.17, 15) is 9.59 Å². The molecular formula is C19H17ClO5. The van der Waals surface area contributed by atoms with Crippen molar-refractivity contribution in [3.63, 3.8) is 0 Å². The smallest absolute Gasteiger partial charge is 0.331 e. The standard InChI is InChI=1S/C19H17ClO5/c1-23-17-11-13(10-15(20)19(17)24-2)8-9-18(22)25-12-16(21)14-6-4-3-5-7-14/h3-11H,12H2,1-2H3/b9-8+. The van der Waals surface area contributed by atoms with Gasteiger partial charge < -0.3 is 14.2 Å². The summed E-state index contributed by atoms with van der Waals surface area (Å²) in [6.45, 7) is -0.320. The summed E-state index contributed by atoms with van der Waals surface area (Å²) in [5, 5.41) is 0.356. The van der Waals surface area contributed by atoms with Crippen LogP contribution >= 0.6 is 11.6 Å². The van der Waals surface area contributed by atoms with E-state index in [0.717, 1.165) is 0 Å². The summed E-state index contributed by atoms with van der Waals surface area (Å²) in [6.07, 6.45) is 2.74. The van der Waals surface area contributed by atoms with Gasteiger partial charge in [0.2, 0.25) is 0 Å². The Hall–Kier alpha value is -2.79. The number of hydrogen-bond donors (Lipinski definition) is 0. The van der Waals surface area contributed by atoms with Gasteiger partial charge in [0.05, 0.1) is 19.2 Å². The molecule has 0 saturated carbocycles. The molecule has 0 unspecified atom stereocenters. The maximum absolute atomic E-state index is 11.9. The first kappa shape index (κ1) is 18.5. The van der Waals surface area contributed by atoms with E-state index in [1.54, 1.807) is 42.5 Å². The highest BCUT2D eigenvalue weighted by Crippen LogP contribution is 2.36. The van der Waals surface area contributed by atoms with Crippen LogP contribution in [0.4, 0.5) is 0 Å². The SMILES string of the molecule is COc1cc(/C=C/C(=O)OCC(=O)c2ccccc2)cc(Cl)c1OC. The number of Topliss-reactive ketones (excluding diaryl/α,β-unsaturated/α-hetero) is 1. The molecular weight excluding hydrogens is 344 g/mol. The molecule has 0 saturated heterocycles. The van der Waals surface area contributed by atoms with E-state index in [2.05, 4.69) is 0 Å². The minimum atomic E-state index is -0.629. The van der Waals surface area contributed by atoms with Crippen LogP contribution in [0.15, 0.2) is 48.5 Å². The highest BCUT2D eigenvalue weighted by atomic mass is 35.5. The number of halogens is 1. The Morgan fingerprint density at radius 2 is 1.80 bits per heavy atom. The van der Waals surface area contributed by atoms with Crippen molar-refractivity contribution >= 4 is 29.4 Å². The Morgan fingerprint density at radius 1 is 1.08 bits per heavy atom. The molecule has 0 N–H and O–H groups in total. The Labute approximate surface area is 150 Å². The van der Waals surface area contributed by atoms with Crippen molar-refractivity contribution in [2.45, 2.75) is 0 Å². The van der Waals surface area contributed by atoms with E-state index in [1.165, 1.54) is 26.4 Å². The predicted molar refractivity (Wildman–Crippen MR) is 95.3 cm³/mol. The van der Waals surface area contributed by atoms with Crippen LogP contribution in [0, 0.1) is 0 Å². The summed E-state index contributed by atoms with van der Waals surface area (Å²) in [6, 6.07) is 11.9. The van der Waals surface area contributed by atoms with Crippen molar-refractivity contribution < 1.29 is 23.8 Å². The number of benzene rings is 2. The van der Waals surface area contributed by atoms with Gasteiger partial charge >= 0.3 is 5.97 Å². The van der Waals surface area contributed by atoms with Gasteiger partial charge in [-0.25, -0.2) is 4.79 Å². The minimum absolute atomic E-state index is 0.267. The quantitative estimate of drug-likeness (QED) is 0.427. The van der Waals surface area contributed by atoms with Gasteiger partial charge in [0.15, 0.2) is 23.9 Å². The van der Waals surface area contributed by atoms with Gasteiger partial charge in [0.1, 0.15) is 0 Å². The molecule has 0 spiro atoms. The second-order valence-corrected chi connectivity index (χ2v) is 5.38. The molecule has 130 valence electrons. The van der Waals surface area contributed by atoms with Crippen LogP contribution in [0.5, 0.6) is 11.5 Å². The lowest BCUT2D eigenvalue weighted by atomic mass is 10.1. The average Bonchev–Trinajstić information content (AvgIpc) is 2.64. The summed E-state index contributed by atoms with van der Waals surface area (Å²) in [4.78, 5) is 23.6. The van der Waals surface area contributed by atoms with Gasteiger partial charge in [-0.1, -0.05) is 41.9 Å². The van der Waals surface area contributed by atoms with E-state index in [-0.39, 0.29) is 12.4 Å². The average molecular weight is 361 g/mol. The second kappa shape index (κ2) is 8.89. The fourth-order valence-electron chi connectivity index (χ4n) is 2.09. The molecule has 6 heteroatoms. The fraction of sp³-hybridized carbons (Fsp3) is 0.158. The normalized spacial score (nSPS) is 10.5. The third kappa shape index (κ3) is 5.09. The molecule has 0 amide bonds. The molecule has 0 aliphatic heterocycles. The van der Waals surface area contributed by atoms with Crippen molar-refractivity contribution in [3.05, 3.63) is 64.7 Å². The van der Waals surface area contributed by atoms with Crippen LogP contribution in [0.3, 0.4) is 0 Å². The van der Waals surface area contributed by atoms with Gasteiger partial charge in [-0.3, -0.25) is 4.79 Å². The number of esters is 1. The number of carbonyl (C=O) groups is 2. The fourth-order valence-corrected chi connectivity index (χ4v) is 2.39. The van der Waals surface area contributed by atoms with E-state index in [0.29, 0.717) is 27.6 Å². The predicted octanol–water partition coefficient (Wildman–Crippen LogP) is 3.80. The maximum Gasteiger partial charge on any atom is 0.331 e. The lowest BCUT2D eigenvalue weighted by Crippen LogP contribution is -2.12. The molecule has 0 aliphatic rings. The summed E-state index contributed by atoms with van der Waals surface area (Å²) >= 11 is 6.10. The number of hydrogen-bond acceptors (Lipinski definition) is 5. The van der Waals surface area contributed by atoms with E-state index in [4.69, 9.17) is 25.8 Å². The molecule has 0 radical (unpaired) electrons. The third-order valence-electron chi connectivity index (χ3n) is 3.31. The molecule has 2 aromatic rings. The Morgan fingerprint density at radius 3 is 2.44 bits per heavy atom. The molecule has 0 fully saturated rings. The second-order valence-electron chi connectivity index (χ2n) is 4.97. The van der Waals surface area contributed by atoms with Crippen LogP contribution in [0.1, 0.15) is 15.9 Å². The Kier molecular flexibility index (Phi) is 6.60. The molecule has 0 aliphatic carbocycles. The van der Waals surface area contributed by atoms with Crippen molar-refractivity contribution in [2.75, 3.05) is 20.8 Å². The van der Waals surface area contributed by atoms with Gasteiger partial charge in [-0.05, 0) is 23.8 Å². The monoisotopic (exact) mass is 360 g/mol. The van der Waals surface area contributed by atoms with Gasteiger partial charge in [0.25, 0.3) is 0 Å². The van der Waals surface area contributed by atoms with E-state index in [1.807, 2.05) is 0 Å². The van der Waals surface area contributed by atoms with Crippen molar-refractivity contribution in [1.29, 1.82) is 0 Å². The zero-order valence-electron chi connectivity index (χ0n) is 13.8. The maximum atomic E-state index is 11.9. The Bertz CT molecular complexity index is 784. The van der Waals surface area contributed by atoms with Crippen LogP contribution < -0.4 is 9.47 Å². The van der Waals surface area contributed by atoms with Crippen molar-refractivity contribution in [1.82, 2.24) is 0 Å². The molecule has 25 heavy (non-hydrogen) atoms. The molecule has 0 atom stereocenters. The summed E-state index contributed by atoms with van der Waals surface area (Å²) in [7, 11) is 2.98. The van der Waals surface area contributed by atoms with Gasteiger partial charge in [0, 0.05) is 11.6 Å². The zero-order valence-corrected chi connectivity index (χ0v) is 14.6. The molecule has 2 rings (SSSR count). The van der Waals surface area contributed by atoms with Crippen LogP contribution in [0.25, 0.3) is 6.08 Å². The first-order chi connectivity index (χ1) is 12.0. The van der Waals surface area contributed by atoms with Crippen LogP contribution in [-0.2, 0) is 9.53 Å². The first-order valence-corrected chi connectivity index (χ1v) is 7.77. The summed E-state index contributed by atoms with van der Waals surface area (Å²) in [5.74, 6) is -0.0358. The number of ketones is 1. The summed E-state index contributed by atoms with van der Waals surface area (Å²) in [5.41, 5.74) is 1.12. The largest absolute Gasteiger partial charge is 0.493 e. The molecule has 2 aromatic carbocycles. The highest BCUT2D eigenvalue weighted by molar-refractivity contribution is 6.32. The van der Waals surface area contributed by atoms with Crippen molar-refractivity contribution in [2.24, 2.45) is 0 Å². The van der Waals surface area contributed by atoms with Gasteiger partial charge in [-0.2, -0.15) is 0 Å². The number of methoxy groups -OCH3 is 2. The molecule has 0 bridgehead atoms. The van der Waals surface area contributed by atoms with Crippen molar-refractivity contribution in [3.8, 4) is 11.5 Å². The Balaban J connectivity index is 1.98. The number of carbonyl (C=O) groups excluding carboxylic acids is 2. The highest BCUT2D eigenvalue weighted by Gasteiger charge is 2.11. The van der Waals surface area contributed by atoms with E-state index >= 15 is 0 Å². The lowest BCUT2D eigenvalue weighted by Gasteiger charge is -2.10. The topological polar surface area (TPSA) is 61.8 Å². The molecule has 0 aromatic heterocycles. The molecule has 5 nitrogen and oxygen atoms in total. The summed E-state index contributed by atoms with van der Waals surface area (Å²) < 4.78 is 15.3. The third-order valence-corrected chi connectivity index (χ3v) is 3.59. The molecule has 0 heterocycles. The van der Waals surface area contributed by atoms with Crippen LogP contribution in [0.2, 0.25) is 5.02 Å². The number of rotatable bonds is 7. The van der Waals surface area contributed by atoms with E-state index < -0.39 is 5.97 Å². The number of ether oxygens (including phenoxy) is 3. The lowest BCUT2D eigenvalue weighted by molar-refractivity contribution is -0.136. The minimum Gasteiger partial charge on any atom is -0.493 e. The zero-order chi connectivity index (χ0) is 18.2. The van der Waals surface area contributed by atoms with Gasteiger partial charge in [-0.15, -0.1) is 0 Å².